The van der Waals surface area contributed by atoms with Crippen molar-refractivity contribution < 1.29 is 13.2 Å². The predicted molar refractivity (Wildman–Crippen MR) is 104 cm³/mol. The maximum Gasteiger partial charge on any atom is 0.264 e. The van der Waals surface area contributed by atoms with Gasteiger partial charge < -0.3 is 0 Å². The number of sulfonamides is 1. The summed E-state index contributed by atoms with van der Waals surface area (Å²) < 4.78 is 28.6. The van der Waals surface area contributed by atoms with Crippen molar-refractivity contribution in [2.45, 2.75) is 44.0 Å². The van der Waals surface area contributed by atoms with Crippen LogP contribution >= 0.6 is 0 Å². The zero-order valence-corrected chi connectivity index (χ0v) is 16.4. The number of fused-ring (bicyclic) bond motifs is 1. The molecule has 0 saturated heterocycles. The third-order valence-corrected chi connectivity index (χ3v) is 7.55. The number of benzene rings is 2. The standard InChI is InChI=1S/C22H23NO3S/c1-15-11-13-18(14-12-15)27(25,26)23-16(2)21-19(9-6-10-20(21)24)22(23)17-7-4-3-5-8-17/h3-5,7-8,11-14,19,22H,6,9-10H2,1-2H3/t19-,22+/m0/s1. The normalized spacial score (nSPS) is 22.9. The number of Topliss-reactive ketones (excluding diaryl/α,β-unsaturated/α-hetero) is 1. The van der Waals surface area contributed by atoms with E-state index in [4.69, 9.17) is 0 Å². The molecule has 2 aromatic carbocycles. The van der Waals surface area contributed by atoms with E-state index in [-0.39, 0.29) is 22.6 Å². The minimum absolute atomic E-state index is 0.0751. The first-order valence-electron chi connectivity index (χ1n) is 9.31. The molecule has 1 heterocycles. The van der Waals surface area contributed by atoms with Gasteiger partial charge in [-0.1, -0.05) is 48.0 Å². The van der Waals surface area contributed by atoms with Crippen LogP contribution in [0.25, 0.3) is 0 Å². The van der Waals surface area contributed by atoms with Crippen LogP contribution in [0, 0.1) is 12.8 Å². The number of aryl methyl sites for hydroxylation is 1. The molecule has 27 heavy (non-hydrogen) atoms. The smallest absolute Gasteiger partial charge is 0.264 e. The highest BCUT2D eigenvalue weighted by atomic mass is 32.2. The summed E-state index contributed by atoms with van der Waals surface area (Å²) in [6.45, 7) is 3.71. The first-order chi connectivity index (χ1) is 12.9. The van der Waals surface area contributed by atoms with Gasteiger partial charge in [-0.15, -0.1) is 0 Å². The van der Waals surface area contributed by atoms with Crippen LogP contribution in [-0.2, 0) is 14.8 Å². The van der Waals surface area contributed by atoms with Gasteiger partial charge in [0.15, 0.2) is 5.78 Å². The Morgan fingerprint density at radius 2 is 1.63 bits per heavy atom. The van der Waals surface area contributed by atoms with Gasteiger partial charge in [-0.2, -0.15) is 0 Å². The maximum absolute atomic E-state index is 13.6. The second-order valence-electron chi connectivity index (χ2n) is 7.39. The van der Waals surface area contributed by atoms with Crippen LogP contribution in [0.1, 0.15) is 43.4 Å². The lowest BCUT2D eigenvalue weighted by Gasteiger charge is -2.32. The fourth-order valence-corrected chi connectivity index (χ4v) is 6.15. The van der Waals surface area contributed by atoms with Gasteiger partial charge >= 0.3 is 0 Å². The van der Waals surface area contributed by atoms with Gasteiger partial charge in [-0.3, -0.25) is 9.10 Å². The van der Waals surface area contributed by atoms with Gasteiger partial charge in [-0.25, -0.2) is 8.42 Å². The number of carbonyl (C=O) groups is 1. The molecule has 140 valence electrons. The molecule has 0 aromatic heterocycles. The summed E-state index contributed by atoms with van der Waals surface area (Å²) in [5.41, 5.74) is 3.22. The lowest BCUT2D eigenvalue weighted by Crippen LogP contribution is -2.33. The van der Waals surface area contributed by atoms with Crippen LogP contribution < -0.4 is 0 Å². The zero-order valence-electron chi connectivity index (χ0n) is 15.6. The average molecular weight is 381 g/mol. The highest BCUT2D eigenvalue weighted by Crippen LogP contribution is 2.51. The molecule has 0 amide bonds. The van der Waals surface area contributed by atoms with Crippen molar-refractivity contribution >= 4 is 15.8 Å². The fraction of sp³-hybridized carbons (Fsp3) is 0.318. The Bertz CT molecular complexity index is 1010. The van der Waals surface area contributed by atoms with Gasteiger partial charge in [0.05, 0.1) is 10.9 Å². The van der Waals surface area contributed by atoms with Gasteiger partial charge in [0.25, 0.3) is 10.0 Å². The predicted octanol–water partition coefficient (Wildman–Crippen LogP) is 4.38. The summed E-state index contributed by atoms with van der Waals surface area (Å²) in [7, 11) is -3.76. The molecular formula is C22H23NO3S. The highest BCUT2D eigenvalue weighted by Gasteiger charge is 2.48. The Balaban J connectivity index is 1.89. The van der Waals surface area contributed by atoms with Gasteiger partial charge in [0.1, 0.15) is 0 Å². The Morgan fingerprint density at radius 1 is 0.963 bits per heavy atom. The fourth-order valence-electron chi connectivity index (χ4n) is 4.42. The molecule has 2 aliphatic rings. The van der Waals surface area contributed by atoms with Crippen molar-refractivity contribution in [3.8, 4) is 0 Å². The molecule has 1 aliphatic carbocycles. The summed E-state index contributed by atoms with van der Waals surface area (Å²) in [6.07, 6.45) is 2.14. The van der Waals surface area contributed by atoms with E-state index in [9.17, 15) is 13.2 Å². The van der Waals surface area contributed by atoms with E-state index in [2.05, 4.69) is 0 Å². The van der Waals surface area contributed by atoms with E-state index < -0.39 is 10.0 Å². The topological polar surface area (TPSA) is 54.5 Å². The quantitative estimate of drug-likeness (QED) is 0.793. The molecule has 0 radical (unpaired) electrons. The van der Waals surface area contributed by atoms with Crippen molar-refractivity contribution in [3.63, 3.8) is 0 Å². The zero-order chi connectivity index (χ0) is 19.2. The average Bonchev–Trinajstić information content (AvgIpc) is 2.97. The maximum atomic E-state index is 13.6. The summed E-state index contributed by atoms with van der Waals surface area (Å²) in [6, 6.07) is 16.2. The monoisotopic (exact) mass is 381 g/mol. The Morgan fingerprint density at radius 3 is 2.30 bits per heavy atom. The Labute approximate surface area is 160 Å². The molecular weight excluding hydrogens is 358 g/mol. The number of rotatable bonds is 3. The van der Waals surface area contributed by atoms with Crippen LogP contribution in [0.15, 0.2) is 70.8 Å². The van der Waals surface area contributed by atoms with Crippen molar-refractivity contribution in [1.82, 2.24) is 4.31 Å². The van der Waals surface area contributed by atoms with Crippen LogP contribution in [0.4, 0.5) is 0 Å². The summed E-state index contributed by atoms with van der Waals surface area (Å²) in [5, 5.41) is 0. The molecule has 1 fully saturated rings. The van der Waals surface area contributed by atoms with Gasteiger partial charge in [-0.05, 0) is 44.4 Å². The van der Waals surface area contributed by atoms with Crippen LogP contribution in [0.5, 0.6) is 0 Å². The number of nitrogens with zero attached hydrogens (tertiary/aromatic N) is 1. The molecule has 0 bridgehead atoms. The number of hydrogen-bond acceptors (Lipinski definition) is 3. The van der Waals surface area contributed by atoms with E-state index in [0.29, 0.717) is 17.7 Å². The van der Waals surface area contributed by atoms with Crippen LogP contribution in [0.2, 0.25) is 0 Å². The lowest BCUT2D eigenvalue weighted by atomic mass is 9.79. The molecule has 1 saturated carbocycles. The van der Waals surface area contributed by atoms with Gasteiger partial charge in [0, 0.05) is 23.6 Å². The molecule has 0 spiro atoms. The molecule has 2 aromatic rings. The van der Waals surface area contributed by atoms with Crippen molar-refractivity contribution in [2.24, 2.45) is 5.92 Å². The molecule has 5 heteroatoms. The third-order valence-electron chi connectivity index (χ3n) is 5.66. The number of carbonyl (C=O) groups excluding carboxylic acids is 1. The number of hydrogen-bond donors (Lipinski definition) is 0. The number of ketones is 1. The second kappa shape index (κ2) is 6.64. The van der Waals surface area contributed by atoms with E-state index in [0.717, 1.165) is 24.0 Å². The van der Waals surface area contributed by atoms with E-state index in [1.54, 1.807) is 31.2 Å². The van der Waals surface area contributed by atoms with E-state index in [1.807, 2.05) is 37.3 Å². The summed E-state index contributed by atoms with van der Waals surface area (Å²) in [5.74, 6) is 0.0140. The minimum atomic E-state index is -3.76. The van der Waals surface area contributed by atoms with Crippen LogP contribution in [-0.4, -0.2) is 18.5 Å². The molecule has 1 aliphatic heterocycles. The summed E-state index contributed by atoms with van der Waals surface area (Å²) in [4.78, 5) is 12.9. The van der Waals surface area contributed by atoms with Crippen molar-refractivity contribution in [1.29, 1.82) is 0 Å². The molecule has 4 nitrogen and oxygen atoms in total. The molecule has 0 N–H and O–H groups in total. The first kappa shape index (κ1) is 18.0. The molecule has 4 rings (SSSR count). The van der Waals surface area contributed by atoms with E-state index in [1.165, 1.54) is 4.31 Å². The second-order valence-corrected chi connectivity index (χ2v) is 9.21. The Kier molecular flexibility index (Phi) is 4.42. The first-order valence-corrected chi connectivity index (χ1v) is 10.8. The largest absolute Gasteiger partial charge is 0.294 e. The van der Waals surface area contributed by atoms with Crippen molar-refractivity contribution in [2.75, 3.05) is 0 Å². The van der Waals surface area contributed by atoms with Crippen LogP contribution in [0.3, 0.4) is 0 Å². The Hall–Kier alpha value is -2.40. The third kappa shape index (κ3) is 2.90. The van der Waals surface area contributed by atoms with Crippen molar-refractivity contribution in [3.05, 3.63) is 77.0 Å². The van der Waals surface area contributed by atoms with E-state index >= 15 is 0 Å². The molecule has 2 atom stereocenters. The van der Waals surface area contributed by atoms with Gasteiger partial charge in [0.2, 0.25) is 0 Å². The minimum Gasteiger partial charge on any atom is -0.294 e. The lowest BCUT2D eigenvalue weighted by molar-refractivity contribution is -0.117. The molecule has 0 unspecified atom stereocenters. The SMILES string of the molecule is CC1=C2C(=O)CCC[C@@H]2[C@@H](c2ccccc2)N1S(=O)(=O)c1ccc(C)cc1. The summed E-state index contributed by atoms with van der Waals surface area (Å²) >= 11 is 0. The number of allylic oxidation sites excluding steroid dienone is 1. The highest BCUT2D eigenvalue weighted by molar-refractivity contribution is 7.89.